The predicted octanol–water partition coefficient (Wildman–Crippen LogP) is 4.76. The van der Waals surface area contributed by atoms with E-state index in [0.29, 0.717) is 22.3 Å². The van der Waals surface area contributed by atoms with Gasteiger partial charge < -0.3 is 4.74 Å². The summed E-state index contributed by atoms with van der Waals surface area (Å²) in [5, 5.41) is 0.624. The molecule has 0 atom stereocenters. The van der Waals surface area contributed by atoms with Crippen molar-refractivity contribution in [1.29, 1.82) is 0 Å². The van der Waals surface area contributed by atoms with Crippen molar-refractivity contribution in [1.82, 2.24) is 15.0 Å². The van der Waals surface area contributed by atoms with E-state index in [0.717, 1.165) is 12.1 Å². The number of ether oxygens (including phenoxy) is 1. The first-order valence-corrected chi connectivity index (χ1v) is 7.51. The number of halogens is 2. The minimum Gasteiger partial charge on any atom is -0.435 e. The van der Waals surface area contributed by atoms with Crippen LogP contribution >= 0.6 is 0 Å². The molecule has 0 amide bonds. The fraction of sp³-hybridized carbons (Fsp3) is 0. The van der Waals surface area contributed by atoms with E-state index in [-0.39, 0.29) is 11.6 Å². The molecule has 0 N–H and O–H groups in total. The van der Waals surface area contributed by atoms with E-state index in [1.54, 1.807) is 24.5 Å². The number of benzene rings is 2. The smallest absolute Gasteiger partial charge is 0.230 e. The number of nitrogens with zero attached hydrogens (tertiary/aromatic N) is 3. The molecule has 4 nitrogen and oxygen atoms in total. The number of hydrogen-bond acceptors (Lipinski definition) is 4. The van der Waals surface area contributed by atoms with E-state index >= 15 is 0 Å². The number of aromatic nitrogens is 3. The minimum absolute atomic E-state index is 0.109. The second-order valence-corrected chi connectivity index (χ2v) is 5.29. The summed E-state index contributed by atoms with van der Waals surface area (Å²) in [6.45, 7) is 0. The molecule has 2 heterocycles. The lowest BCUT2D eigenvalue weighted by molar-refractivity contribution is 0.428. The number of hydrogen-bond donors (Lipinski definition) is 0. The molecule has 0 saturated heterocycles. The van der Waals surface area contributed by atoms with Crippen molar-refractivity contribution in [3.05, 3.63) is 78.6 Å². The summed E-state index contributed by atoms with van der Waals surface area (Å²) < 4.78 is 32.7. The van der Waals surface area contributed by atoms with Crippen LogP contribution in [0.2, 0.25) is 0 Å². The van der Waals surface area contributed by atoms with E-state index in [1.165, 1.54) is 6.07 Å². The number of fused-ring (bicyclic) bond motifs is 1. The summed E-state index contributed by atoms with van der Waals surface area (Å²) in [5.41, 5.74) is 1.35. The van der Waals surface area contributed by atoms with Crippen molar-refractivity contribution in [2.24, 2.45) is 0 Å². The molecular weight excluding hydrogens is 324 g/mol. The normalized spacial score (nSPS) is 10.8. The van der Waals surface area contributed by atoms with Crippen molar-refractivity contribution in [2.45, 2.75) is 0 Å². The van der Waals surface area contributed by atoms with Gasteiger partial charge in [-0.25, -0.2) is 13.8 Å². The molecule has 0 aliphatic carbocycles. The molecule has 0 saturated carbocycles. The van der Waals surface area contributed by atoms with Crippen LogP contribution in [-0.4, -0.2) is 15.0 Å². The van der Waals surface area contributed by atoms with Crippen LogP contribution in [0.4, 0.5) is 8.78 Å². The van der Waals surface area contributed by atoms with Gasteiger partial charge in [-0.15, -0.1) is 0 Å². The summed E-state index contributed by atoms with van der Waals surface area (Å²) in [7, 11) is 0. The van der Waals surface area contributed by atoms with Gasteiger partial charge in [-0.2, -0.15) is 4.98 Å². The van der Waals surface area contributed by atoms with E-state index < -0.39 is 11.6 Å². The van der Waals surface area contributed by atoms with Crippen LogP contribution < -0.4 is 4.74 Å². The molecule has 0 radical (unpaired) electrons. The van der Waals surface area contributed by atoms with Crippen LogP contribution in [0, 0.1) is 11.6 Å². The maximum Gasteiger partial charge on any atom is 0.230 e. The molecule has 0 unspecified atom stereocenters. The predicted molar refractivity (Wildman–Crippen MR) is 89.2 cm³/mol. The van der Waals surface area contributed by atoms with Crippen LogP contribution in [-0.2, 0) is 0 Å². The lowest BCUT2D eigenvalue weighted by Crippen LogP contribution is -1.97. The zero-order chi connectivity index (χ0) is 17.2. The third-order valence-electron chi connectivity index (χ3n) is 3.59. The van der Waals surface area contributed by atoms with E-state index in [4.69, 9.17) is 4.74 Å². The summed E-state index contributed by atoms with van der Waals surface area (Å²) in [5.74, 6) is -0.985. The Morgan fingerprint density at radius 2 is 1.76 bits per heavy atom. The van der Waals surface area contributed by atoms with Gasteiger partial charge in [0.1, 0.15) is 5.82 Å². The highest BCUT2D eigenvalue weighted by atomic mass is 19.1. The van der Waals surface area contributed by atoms with Crippen molar-refractivity contribution < 1.29 is 13.5 Å². The quantitative estimate of drug-likeness (QED) is 0.541. The molecular formula is C19H11F2N3O. The Labute approximate surface area is 141 Å². The minimum atomic E-state index is -0.800. The first-order chi connectivity index (χ1) is 12.2. The molecule has 2 aromatic heterocycles. The third kappa shape index (κ3) is 3.01. The Kier molecular flexibility index (Phi) is 3.78. The Balaban J connectivity index is 1.86. The average Bonchev–Trinajstić information content (AvgIpc) is 2.64. The largest absolute Gasteiger partial charge is 0.435 e. The standard InChI is InChI=1S/C19H11F2N3O/c20-13-7-8-17(15(21)10-13)25-19-14-5-1-2-6-16(14)23-18(24-19)12-4-3-9-22-11-12/h1-11H. The van der Waals surface area contributed by atoms with Crippen molar-refractivity contribution in [3.8, 4) is 23.0 Å². The van der Waals surface area contributed by atoms with E-state index in [2.05, 4.69) is 15.0 Å². The number of para-hydroxylation sites is 1. The molecule has 0 bridgehead atoms. The maximum atomic E-state index is 13.9. The molecule has 0 fully saturated rings. The maximum absolute atomic E-state index is 13.9. The number of pyridine rings is 1. The van der Waals surface area contributed by atoms with Gasteiger partial charge in [0, 0.05) is 24.0 Å². The zero-order valence-electron chi connectivity index (χ0n) is 12.9. The van der Waals surface area contributed by atoms with Crippen LogP contribution in [0.3, 0.4) is 0 Å². The Morgan fingerprint density at radius 3 is 2.56 bits per heavy atom. The van der Waals surface area contributed by atoms with Crippen LogP contribution in [0.1, 0.15) is 0 Å². The van der Waals surface area contributed by atoms with E-state index in [9.17, 15) is 8.78 Å². The highest BCUT2D eigenvalue weighted by molar-refractivity contribution is 5.85. The molecule has 4 aromatic rings. The molecule has 25 heavy (non-hydrogen) atoms. The summed E-state index contributed by atoms with van der Waals surface area (Å²) >= 11 is 0. The van der Waals surface area contributed by atoms with Gasteiger partial charge in [0.2, 0.25) is 5.88 Å². The fourth-order valence-electron chi connectivity index (χ4n) is 2.41. The second kappa shape index (κ2) is 6.24. The third-order valence-corrected chi connectivity index (χ3v) is 3.59. The van der Waals surface area contributed by atoms with Gasteiger partial charge in [-0.05, 0) is 36.4 Å². The molecule has 2 aromatic carbocycles. The van der Waals surface area contributed by atoms with Crippen molar-refractivity contribution in [3.63, 3.8) is 0 Å². The zero-order valence-corrected chi connectivity index (χ0v) is 12.9. The summed E-state index contributed by atoms with van der Waals surface area (Å²) in [6.07, 6.45) is 3.28. The Bertz CT molecular complexity index is 1050. The molecule has 6 heteroatoms. The van der Waals surface area contributed by atoms with Crippen molar-refractivity contribution in [2.75, 3.05) is 0 Å². The van der Waals surface area contributed by atoms with Gasteiger partial charge >= 0.3 is 0 Å². The van der Waals surface area contributed by atoms with Crippen LogP contribution in [0.25, 0.3) is 22.3 Å². The SMILES string of the molecule is Fc1ccc(Oc2nc(-c3cccnc3)nc3ccccc23)c(F)c1. The van der Waals surface area contributed by atoms with Gasteiger partial charge in [0.15, 0.2) is 17.4 Å². The molecule has 0 spiro atoms. The highest BCUT2D eigenvalue weighted by Crippen LogP contribution is 2.31. The summed E-state index contributed by atoms with van der Waals surface area (Å²) in [4.78, 5) is 13.0. The Morgan fingerprint density at radius 1 is 0.880 bits per heavy atom. The topological polar surface area (TPSA) is 47.9 Å². The van der Waals surface area contributed by atoms with Gasteiger partial charge in [-0.1, -0.05) is 12.1 Å². The fourth-order valence-corrected chi connectivity index (χ4v) is 2.41. The monoisotopic (exact) mass is 335 g/mol. The lowest BCUT2D eigenvalue weighted by Gasteiger charge is -2.10. The second-order valence-electron chi connectivity index (χ2n) is 5.29. The molecule has 0 aliphatic rings. The van der Waals surface area contributed by atoms with Gasteiger partial charge in [-0.3, -0.25) is 4.98 Å². The van der Waals surface area contributed by atoms with Crippen LogP contribution in [0.5, 0.6) is 11.6 Å². The van der Waals surface area contributed by atoms with Crippen molar-refractivity contribution >= 4 is 10.9 Å². The number of rotatable bonds is 3. The first kappa shape index (κ1) is 15.1. The lowest BCUT2D eigenvalue weighted by atomic mass is 10.2. The van der Waals surface area contributed by atoms with Crippen LogP contribution in [0.15, 0.2) is 67.0 Å². The summed E-state index contributed by atoms with van der Waals surface area (Å²) in [6, 6.07) is 13.9. The highest BCUT2D eigenvalue weighted by Gasteiger charge is 2.13. The van der Waals surface area contributed by atoms with Gasteiger partial charge in [0.25, 0.3) is 0 Å². The van der Waals surface area contributed by atoms with E-state index in [1.807, 2.05) is 24.3 Å². The average molecular weight is 335 g/mol. The molecule has 0 aliphatic heterocycles. The Hall–Kier alpha value is -3.41. The molecule has 4 rings (SSSR count). The molecule has 122 valence electrons. The first-order valence-electron chi connectivity index (χ1n) is 7.51. The van der Waals surface area contributed by atoms with Gasteiger partial charge in [0.05, 0.1) is 10.9 Å².